The minimum atomic E-state index is -3.51. The van der Waals surface area contributed by atoms with Gasteiger partial charge in [0.2, 0.25) is 10.0 Å². The van der Waals surface area contributed by atoms with Crippen LogP contribution >= 0.6 is 11.6 Å². The van der Waals surface area contributed by atoms with Crippen LogP contribution in [0.25, 0.3) is 0 Å². The van der Waals surface area contributed by atoms with Gasteiger partial charge in [-0.25, -0.2) is 13.4 Å². The average Bonchev–Trinajstić information content (AvgIpc) is 2.33. The quantitative estimate of drug-likeness (QED) is 0.639. The smallest absolute Gasteiger partial charge is 0.305 e. The summed E-state index contributed by atoms with van der Waals surface area (Å²) in [6.45, 7) is 1.73. The number of nitrogens with zero attached hydrogens (tertiary/aromatic N) is 1. The number of hydrogen-bond acceptors (Lipinski definition) is 5. The number of nitrogens with one attached hydrogen (secondary N) is 1. The van der Waals surface area contributed by atoms with Crippen LogP contribution in [-0.2, 0) is 19.6 Å². The van der Waals surface area contributed by atoms with Gasteiger partial charge in [0.15, 0.2) is 0 Å². The molecular formula is C11H15ClN2O4S. The topological polar surface area (TPSA) is 85.4 Å². The van der Waals surface area contributed by atoms with Crippen LogP contribution in [0.4, 0.5) is 5.69 Å². The normalized spacial score (nSPS) is 11.1. The molecule has 0 amide bonds. The number of sulfonamides is 1. The molecule has 1 N–H and O–H groups in total. The van der Waals surface area contributed by atoms with Crippen molar-refractivity contribution >= 4 is 33.3 Å². The monoisotopic (exact) mass is 306 g/mol. The highest BCUT2D eigenvalue weighted by Crippen LogP contribution is 2.17. The van der Waals surface area contributed by atoms with Crippen LogP contribution in [0.15, 0.2) is 12.3 Å². The average molecular weight is 307 g/mol. The molecule has 0 aromatic carbocycles. The number of aryl methyl sites for hydroxylation is 1. The van der Waals surface area contributed by atoms with E-state index in [0.29, 0.717) is 16.4 Å². The number of pyridine rings is 1. The van der Waals surface area contributed by atoms with Crippen molar-refractivity contribution in [3.63, 3.8) is 0 Å². The Bertz CT molecular complexity index is 560. The van der Waals surface area contributed by atoms with Gasteiger partial charge < -0.3 is 4.74 Å². The van der Waals surface area contributed by atoms with Crippen molar-refractivity contribution in [2.24, 2.45) is 0 Å². The molecule has 19 heavy (non-hydrogen) atoms. The third-order valence-electron chi connectivity index (χ3n) is 2.31. The maximum Gasteiger partial charge on any atom is 0.305 e. The molecule has 0 aliphatic carbocycles. The van der Waals surface area contributed by atoms with E-state index in [2.05, 4.69) is 14.4 Å². The summed E-state index contributed by atoms with van der Waals surface area (Å²) in [4.78, 5) is 14.7. The number of aromatic nitrogens is 1. The molecule has 1 heterocycles. The number of ether oxygens (including phenoxy) is 1. The third-order valence-corrected chi connectivity index (χ3v) is 4.08. The van der Waals surface area contributed by atoms with E-state index < -0.39 is 16.0 Å². The van der Waals surface area contributed by atoms with Gasteiger partial charge in [-0.15, -0.1) is 0 Å². The molecule has 0 aliphatic heterocycles. The Kier molecular flexibility index (Phi) is 5.56. The minimum Gasteiger partial charge on any atom is -0.469 e. The lowest BCUT2D eigenvalue weighted by atomic mass is 10.3. The summed E-state index contributed by atoms with van der Waals surface area (Å²) in [6, 6.07) is 1.59. The second-order valence-electron chi connectivity index (χ2n) is 3.93. The van der Waals surface area contributed by atoms with Crippen molar-refractivity contribution in [2.75, 3.05) is 17.6 Å². The number of methoxy groups -OCH3 is 1. The minimum absolute atomic E-state index is 0.0648. The lowest BCUT2D eigenvalue weighted by Crippen LogP contribution is -2.18. The molecule has 1 aromatic heterocycles. The molecular weight excluding hydrogens is 292 g/mol. The van der Waals surface area contributed by atoms with E-state index in [9.17, 15) is 13.2 Å². The highest BCUT2D eigenvalue weighted by atomic mass is 35.5. The number of esters is 1. The fourth-order valence-electron chi connectivity index (χ4n) is 1.35. The molecule has 0 fully saturated rings. The highest BCUT2D eigenvalue weighted by Gasteiger charge is 2.12. The van der Waals surface area contributed by atoms with Crippen LogP contribution in [0, 0.1) is 6.92 Å². The predicted octanol–water partition coefficient (Wildman–Crippen LogP) is 1.74. The molecule has 0 saturated heterocycles. The molecule has 0 radical (unpaired) electrons. The molecule has 1 aromatic rings. The molecule has 8 heteroatoms. The second kappa shape index (κ2) is 6.72. The van der Waals surface area contributed by atoms with Gasteiger partial charge in [-0.05, 0) is 25.0 Å². The van der Waals surface area contributed by atoms with E-state index in [0.717, 1.165) is 0 Å². The van der Waals surface area contributed by atoms with Gasteiger partial charge in [0.05, 0.1) is 24.7 Å². The number of anilines is 1. The van der Waals surface area contributed by atoms with Gasteiger partial charge in [-0.2, -0.15) is 0 Å². The first-order valence-electron chi connectivity index (χ1n) is 5.53. The molecule has 0 atom stereocenters. The van der Waals surface area contributed by atoms with E-state index in [-0.39, 0.29) is 18.6 Å². The summed E-state index contributed by atoms with van der Waals surface area (Å²) in [5, 5.41) is 0.327. The van der Waals surface area contributed by atoms with Crippen molar-refractivity contribution in [3.05, 3.63) is 23.0 Å². The molecule has 6 nitrogen and oxygen atoms in total. The van der Waals surface area contributed by atoms with Crippen LogP contribution in [-0.4, -0.2) is 32.2 Å². The van der Waals surface area contributed by atoms with E-state index in [1.165, 1.54) is 13.3 Å². The lowest BCUT2D eigenvalue weighted by molar-refractivity contribution is -0.140. The number of carbonyl (C=O) groups excluding carboxylic acids is 1. The highest BCUT2D eigenvalue weighted by molar-refractivity contribution is 7.92. The van der Waals surface area contributed by atoms with Gasteiger partial charge in [0.1, 0.15) is 5.15 Å². The lowest BCUT2D eigenvalue weighted by Gasteiger charge is -2.08. The van der Waals surface area contributed by atoms with Crippen LogP contribution in [0.2, 0.25) is 5.15 Å². The van der Waals surface area contributed by atoms with Crippen LogP contribution in [0.3, 0.4) is 0 Å². The summed E-state index contributed by atoms with van der Waals surface area (Å²) >= 11 is 5.75. The van der Waals surface area contributed by atoms with Gasteiger partial charge in [-0.1, -0.05) is 11.6 Å². The van der Waals surface area contributed by atoms with Crippen LogP contribution in [0.5, 0.6) is 0 Å². The molecule has 106 valence electrons. The Morgan fingerprint density at radius 2 is 2.21 bits per heavy atom. The Labute approximate surface area is 117 Å². The van der Waals surface area contributed by atoms with E-state index in [1.807, 2.05) is 0 Å². The van der Waals surface area contributed by atoms with Crippen molar-refractivity contribution < 1.29 is 17.9 Å². The maximum absolute atomic E-state index is 11.7. The maximum atomic E-state index is 11.7. The number of rotatable bonds is 6. The zero-order chi connectivity index (χ0) is 14.5. The molecule has 0 bridgehead atoms. The third kappa shape index (κ3) is 5.44. The molecule has 1 rings (SSSR count). The standard InChI is InChI=1S/C11H15ClN2O4S/c1-8-6-9(7-13-11(8)12)14-19(16,17)5-3-4-10(15)18-2/h6-7,14H,3-5H2,1-2H3. The van der Waals surface area contributed by atoms with E-state index in [4.69, 9.17) is 11.6 Å². The van der Waals surface area contributed by atoms with Gasteiger partial charge in [0.25, 0.3) is 0 Å². The Hall–Kier alpha value is -1.34. The van der Waals surface area contributed by atoms with Crippen LogP contribution in [0.1, 0.15) is 18.4 Å². The van der Waals surface area contributed by atoms with E-state index >= 15 is 0 Å². The molecule has 0 unspecified atom stereocenters. The van der Waals surface area contributed by atoms with Crippen molar-refractivity contribution in [2.45, 2.75) is 19.8 Å². The van der Waals surface area contributed by atoms with Crippen molar-refractivity contribution in [1.82, 2.24) is 4.98 Å². The second-order valence-corrected chi connectivity index (χ2v) is 6.13. The summed E-state index contributed by atoms with van der Waals surface area (Å²) < 4.78 is 30.3. The number of hydrogen-bond donors (Lipinski definition) is 1. The first-order chi connectivity index (χ1) is 8.84. The first kappa shape index (κ1) is 15.7. The first-order valence-corrected chi connectivity index (χ1v) is 7.56. The molecule has 0 spiro atoms. The number of carbonyl (C=O) groups is 1. The molecule has 0 saturated carbocycles. The largest absolute Gasteiger partial charge is 0.469 e. The summed E-state index contributed by atoms with van der Waals surface area (Å²) in [5.74, 6) is -0.594. The summed E-state index contributed by atoms with van der Waals surface area (Å²) in [5.41, 5.74) is 1.02. The van der Waals surface area contributed by atoms with Gasteiger partial charge in [0, 0.05) is 6.42 Å². The zero-order valence-electron chi connectivity index (χ0n) is 10.6. The van der Waals surface area contributed by atoms with Crippen LogP contribution < -0.4 is 4.72 Å². The number of halogens is 1. The summed E-state index contributed by atoms with van der Waals surface area (Å²) in [6.07, 6.45) is 1.60. The Morgan fingerprint density at radius 1 is 1.53 bits per heavy atom. The van der Waals surface area contributed by atoms with Gasteiger partial charge >= 0.3 is 5.97 Å². The fourth-order valence-corrected chi connectivity index (χ4v) is 2.55. The zero-order valence-corrected chi connectivity index (χ0v) is 12.2. The Balaban J connectivity index is 2.59. The van der Waals surface area contributed by atoms with E-state index in [1.54, 1.807) is 13.0 Å². The summed E-state index contributed by atoms with van der Waals surface area (Å²) in [7, 11) is -2.25. The SMILES string of the molecule is COC(=O)CCCS(=O)(=O)Nc1cnc(Cl)c(C)c1. The molecule has 0 aliphatic rings. The fraction of sp³-hybridized carbons (Fsp3) is 0.455. The van der Waals surface area contributed by atoms with Gasteiger partial charge in [-0.3, -0.25) is 9.52 Å². The predicted molar refractivity (Wildman–Crippen MR) is 72.6 cm³/mol. The van der Waals surface area contributed by atoms with Crippen molar-refractivity contribution in [3.8, 4) is 0 Å². The Morgan fingerprint density at radius 3 is 2.79 bits per heavy atom. The van der Waals surface area contributed by atoms with Crippen molar-refractivity contribution in [1.29, 1.82) is 0 Å².